The van der Waals surface area contributed by atoms with Crippen LogP contribution in [0, 0.1) is 0 Å². The Morgan fingerprint density at radius 1 is 1.00 bits per heavy atom. The molecule has 2 heterocycles. The fourth-order valence-corrected chi connectivity index (χ4v) is 1.81. The van der Waals surface area contributed by atoms with E-state index in [9.17, 15) is 0 Å². The van der Waals surface area contributed by atoms with Crippen LogP contribution in [0.25, 0.3) is 11.3 Å². The molecular weight excluding hydrogens is 216 g/mol. The molecule has 1 aliphatic rings. The van der Waals surface area contributed by atoms with Crippen LogP contribution in [0.5, 0.6) is 11.5 Å². The minimum Gasteiger partial charge on any atom is -0.486 e. The molecule has 1 aromatic heterocycles. The standard InChI is InChI=1S/C13H12N2O2/c14-13-3-1-2-10(15-13)9-4-5-11-12(8-9)17-7-6-16-11/h1-5,8H,6-7H2,(H2,14,15). The molecule has 0 spiro atoms. The summed E-state index contributed by atoms with van der Waals surface area (Å²) in [7, 11) is 0. The zero-order valence-corrected chi connectivity index (χ0v) is 9.22. The molecule has 1 aliphatic heterocycles. The molecule has 86 valence electrons. The summed E-state index contributed by atoms with van der Waals surface area (Å²) >= 11 is 0. The maximum atomic E-state index is 5.67. The highest BCUT2D eigenvalue weighted by atomic mass is 16.6. The molecule has 0 fully saturated rings. The first-order valence-corrected chi connectivity index (χ1v) is 5.45. The molecule has 0 atom stereocenters. The van der Waals surface area contributed by atoms with Gasteiger partial charge in [0.25, 0.3) is 0 Å². The van der Waals surface area contributed by atoms with Gasteiger partial charge >= 0.3 is 0 Å². The van der Waals surface area contributed by atoms with Crippen molar-refractivity contribution < 1.29 is 9.47 Å². The van der Waals surface area contributed by atoms with Gasteiger partial charge in [0.15, 0.2) is 11.5 Å². The normalized spacial score (nSPS) is 13.4. The molecule has 3 rings (SSSR count). The average Bonchev–Trinajstić information content (AvgIpc) is 2.38. The van der Waals surface area contributed by atoms with Crippen molar-refractivity contribution in [2.75, 3.05) is 18.9 Å². The Labute approximate surface area is 99.0 Å². The van der Waals surface area contributed by atoms with Gasteiger partial charge in [-0.3, -0.25) is 0 Å². The Hall–Kier alpha value is -2.23. The summed E-state index contributed by atoms with van der Waals surface area (Å²) in [5.41, 5.74) is 7.48. The van der Waals surface area contributed by atoms with E-state index >= 15 is 0 Å². The van der Waals surface area contributed by atoms with Crippen molar-refractivity contribution in [1.82, 2.24) is 4.98 Å². The van der Waals surface area contributed by atoms with Crippen LogP contribution in [0.3, 0.4) is 0 Å². The summed E-state index contributed by atoms with van der Waals surface area (Å²) < 4.78 is 11.0. The van der Waals surface area contributed by atoms with Crippen molar-refractivity contribution in [2.45, 2.75) is 0 Å². The van der Waals surface area contributed by atoms with Crippen molar-refractivity contribution in [1.29, 1.82) is 0 Å². The predicted molar refractivity (Wildman–Crippen MR) is 65.1 cm³/mol. The van der Waals surface area contributed by atoms with Gasteiger partial charge in [-0.15, -0.1) is 0 Å². The molecule has 4 heteroatoms. The Kier molecular flexibility index (Phi) is 2.33. The number of nitrogen functional groups attached to an aromatic ring is 1. The van der Waals surface area contributed by atoms with E-state index in [0.717, 1.165) is 22.8 Å². The van der Waals surface area contributed by atoms with Crippen molar-refractivity contribution in [3.8, 4) is 22.8 Å². The Bertz CT molecular complexity index is 555. The van der Waals surface area contributed by atoms with Crippen LogP contribution >= 0.6 is 0 Å². The molecule has 0 saturated heterocycles. The lowest BCUT2D eigenvalue weighted by atomic mass is 10.1. The Morgan fingerprint density at radius 2 is 1.82 bits per heavy atom. The van der Waals surface area contributed by atoms with Gasteiger partial charge in [0.05, 0.1) is 5.69 Å². The minimum absolute atomic E-state index is 0.511. The highest BCUT2D eigenvalue weighted by molar-refractivity contribution is 5.65. The van der Waals surface area contributed by atoms with Crippen molar-refractivity contribution >= 4 is 5.82 Å². The van der Waals surface area contributed by atoms with E-state index in [1.807, 2.05) is 30.3 Å². The van der Waals surface area contributed by atoms with Crippen LogP contribution in [0.1, 0.15) is 0 Å². The zero-order valence-electron chi connectivity index (χ0n) is 9.22. The highest BCUT2D eigenvalue weighted by Crippen LogP contribution is 2.33. The maximum Gasteiger partial charge on any atom is 0.162 e. The second kappa shape index (κ2) is 3.97. The maximum absolute atomic E-state index is 5.67. The van der Waals surface area contributed by atoms with E-state index in [0.29, 0.717) is 19.0 Å². The summed E-state index contributed by atoms with van der Waals surface area (Å²) in [6.45, 7) is 1.18. The molecule has 0 radical (unpaired) electrons. The van der Waals surface area contributed by atoms with Crippen LogP contribution in [-0.4, -0.2) is 18.2 Å². The fraction of sp³-hybridized carbons (Fsp3) is 0.154. The molecule has 0 bridgehead atoms. The van der Waals surface area contributed by atoms with Crippen molar-refractivity contribution in [2.24, 2.45) is 0 Å². The third kappa shape index (κ3) is 1.89. The molecule has 17 heavy (non-hydrogen) atoms. The third-order valence-electron chi connectivity index (χ3n) is 2.61. The summed E-state index contributed by atoms with van der Waals surface area (Å²) in [5.74, 6) is 2.05. The summed E-state index contributed by atoms with van der Waals surface area (Å²) in [5, 5.41) is 0. The number of fused-ring (bicyclic) bond motifs is 1. The van der Waals surface area contributed by atoms with Gasteiger partial charge in [-0.05, 0) is 30.3 Å². The van der Waals surface area contributed by atoms with E-state index in [1.165, 1.54) is 0 Å². The van der Waals surface area contributed by atoms with Gasteiger partial charge in [0.2, 0.25) is 0 Å². The SMILES string of the molecule is Nc1cccc(-c2ccc3c(c2)OCCO3)n1. The number of aromatic nitrogens is 1. The van der Waals surface area contributed by atoms with Gasteiger partial charge in [-0.1, -0.05) is 6.07 Å². The lowest BCUT2D eigenvalue weighted by molar-refractivity contribution is 0.171. The quantitative estimate of drug-likeness (QED) is 0.812. The molecule has 4 nitrogen and oxygen atoms in total. The Balaban J connectivity index is 2.04. The number of anilines is 1. The minimum atomic E-state index is 0.511. The topological polar surface area (TPSA) is 57.4 Å². The molecule has 2 aromatic rings. The van der Waals surface area contributed by atoms with Crippen LogP contribution in [0.2, 0.25) is 0 Å². The monoisotopic (exact) mass is 228 g/mol. The molecule has 1 aromatic carbocycles. The van der Waals surface area contributed by atoms with Gasteiger partial charge < -0.3 is 15.2 Å². The van der Waals surface area contributed by atoms with E-state index < -0.39 is 0 Å². The van der Waals surface area contributed by atoms with E-state index in [1.54, 1.807) is 6.07 Å². The van der Waals surface area contributed by atoms with Crippen LogP contribution in [0.15, 0.2) is 36.4 Å². The second-order valence-electron chi connectivity index (χ2n) is 3.81. The number of benzene rings is 1. The number of hydrogen-bond acceptors (Lipinski definition) is 4. The lowest BCUT2D eigenvalue weighted by Crippen LogP contribution is -2.15. The number of pyridine rings is 1. The summed E-state index contributed by atoms with van der Waals surface area (Å²) in [6.07, 6.45) is 0. The van der Waals surface area contributed by atoms with Crippen LogP contribution < -0.4 is 15.2 Å². The third-order valence-corrected chi connectivity index (χ3v) is 2.61. The number of nitrogens with zero attached hydrogens (tertiary/aromatic N) is 1. The fourth-order valence-electron chi connectivity index (χ4n) is 1.81. The first-order valence-electron chi connectivity index (χ1n) is 5.45. The average molecular weight is 228 g/mol. The van der Waals surface area contributed by atoms with Gasteiger partial charge in [-0.25, -0.2) is 4.98 Å². The van der Waals surface area contributed by atoms with E-state index in [2.05, 4.69) is 4.98 Å². The highest BCUT2D eigenvalue weighted by Gasteiger charge is 2.12. The molecular formula is C13H12N2O2. The molecule has 0 unspecified atom stereocenters. The first-order chi connectivity index (χ1) is 8.33. The number of ether oxygens (including phenoxy) is 2. The van der Waals surface area contributed by atoms with Crippen LogP contribution in [0.4, 0.5) is 5.82 Å². The zero-order chi connectivity index (χ0) is 11.7. The summed E-state index contributed by atoms with van der Waals surface area (Å²) in [6, 6.07) is 11.3. The predicted octanol–water partition coefficient (Wildman–Crippen LogP) is 2.10. The number of nitrogens with two attached hydrogens (primary N) is 1. The van der Waals surface area contributed by atoms with Crippen molar-refractivity contribution in [3.63, 3.8) is 0 Å². The molecule has 0 amide bonds. The van der Waals surface area contributed by atoms with Crippen molar-refractivity contribution in [3.05, 3.63) is 36.4 Å². The first kappa shape index (κ1) is 9.96. The lowest BCUT2D eigenvalue weighted by Gasteiger charge is -2.18. The smallest absolute Gasteiger partial charge is 0.162 e. The largest absolute Gasteiger partial charge is 0.486 e. The van der Waals surface area contributed by atoms with Crippen LogP contribution in [-0.2, 0) is 0 Å². The molecule has 2 N–H and O–H groups in total. The van der Waals surface area contributed by atoms with Gasteiger partial charge in [0.1, 0.15) is 19.0 Å². The molecule has 0 aliphatic carbocycles. The van der Waals surface area contributed by atoms with E-state index in [-0.39, 0.29) is 0 Å². The summed E-state index contributed by atoms with van der Waals surface area (Å²) in [4.78, 5) is 4.27. The molecule has 0 saturated carbocycles. The van der Waals surface area contributed by atoms with E-state index in [4.69, 9.17) is 15.2 Å². The second-order valence-corrected chi connectivity index (χ2v) is 3.81. The Morgan fingerprint density at radius 3 is 2.65 bits per heavy atom. The number of rotatable bonds is 1. The number of hydrogen-bond donors (Lipinski definition) is 1. The van der Waals surface area contributed by atoms with Gasteiger partial charge in [-0.2, -0.15) is 0 Å². The van der Waals surface area contributed by atoms with Gasteiger partial charge in [0, 0.05) is 5.56 Å².